The molecule has 0 saturated carbocycles. The highest BCUT2D eigenvalue weighted by Gasteiger charge is 2.13. The Kier molecular flexibility index (Phi) is 5.08. The molecule has 0 atom stereocenters. The van der Waals surface area contributed by atoms with Crippen molar-refractivity contribution in [2.24, 2.45) is 0 Å². The highest BCUT2D eigenvalue weighted by molar-refractivity contribution is 7.13. The van der Waals surface area contributed by atoms with Crippen molar-refractivity contribution in [2.75, 3.05) is 5.32 Å². The van der Waals surface area contributed by atoms with Gasteiger partial charge in [0.25, 0.3) is 0 Å². The molecular weight excluding hydrogens is 348 g/mol. The number of nitrogens with zero attached hydrogens (tertiary/aromatic N) is 2. The second-order valence-electron chi connectivity index (χ2n) is 5.27. The van der Waals surface area contributed by atoms with Gasteiger partial charge in [-0.25, -0.2) is 18.6 Å². The Morgan fingerprint density at radius 3 is 2.80 bits per heavy atom. The number of ether oxygens (including phenoxy) is 1. The maximum Gasteiger partial charge on any atom is 0.420 e. The first kappa shape index (κ1) is 17.1. The van der Waals surface area contributed by atoms with Crippen LogP contribution in [0.25, 0.3) is 0 Å². The minimum absolute atomic E-state index is 0.247. The molecular formula is C17H15F2N3O2S. The van der Waals surface area contributed by atoms with Crippen LogP contribution in [0.2, 0.25) is 0 Å². The predicted octanol–water partition coefficient (Wildman–Crippen LogP) is 4.44. The molecule has 1 N–H and O–H groups in total. The first-order chi connectivity index (χ1) is 12.0. The molecule has 3 aromatic rings. The van der Waals surface area contributed by atoms with Crippen LogP contribution in [-0.2, 0) is 13.0 Å². The van der Waals surface area contributed by atoms with Gasteiger partial charge in [0.15, 0.2) is 16.8 Å². The number of nitrogens with one attached hydrogen (secondary N) is 1. The minimum atomic E-state index is -0.913. The van der Waals surface area contributed by atoms with E-state index in [1.54, 1.807) is 22.2 Å². The second-order valence-corrected chi connectivity index (χ2v) is 6.16. The van der Waals surface area contributed by atoms with Crippen molar-refractivity contribution in [1.29, 1.82) is 0 Å². The van der Waals surface area contributed by atoms with E-state index in [4.69, 9.17) is 4.74 Å². The molecule has 0 fully saturated rings. The summed E-state index contributed by atoms with van der Waals surface area (Å²) in [6.07, 6.45) is 3.46. The fourth-order valence-electron chi connectivity index (χ4n) is 2.28. The van der Waals surface area contributed by atoms with Crippen molar-refractivity contribution in [3.05, 3.63) is 64.8 Å². The standard InChI is InChI=1S/C17H15F2N3O2S/c1-2-11-8-15(24-17(23)21-16-20-5-6-25-16)22(9-11)10-12-3-4-13(18)14(19)7-12/h3-9H,2,10H2,1H3,(H,20,21,23). The van der Waals surface area contributed by atoms with Crippen molar-refractivity contribution in [3.63, 3.8) is 0 Å². The van der Waals surface area contributed by atoms with Gasteiger partial charge < -0.3 is 9.30 Å². The van der Waals surface area contributed by atoms with Gasteiger partial charge in [-0.05, 0) is 29.7 Å². The number of thiazole rings is 1. The van der Waals surface area contributed by atoms with E-state index in [9.17, 15) is 13.6 Å². The summed E-state index contributed by atoms with van der Waals surface area (Å²) in [7, 11) is 0. The summed E-state index contributed by atoms with van der Waals surface area (Å²) in [6.45, 7) is 2.22. The summed E-state index contributed by atoms with van der Waals surface area (Å²) in [5.41, 5.74) is 1.52. The Morgan fingerprint density at radius 1 is 1.28 bits per heavy atom. The summed E-state index contributed by atoms with van der Waals surface area (Å²) in [5.74, 6) is -1.50. The van der Waals surface area contributed by atoms with E-state index in [2.05, 4.69) is 10.3 Å². The number of amides is 1. The number of carbonyl (C=O) groups is 1. The molecule has 25 heavy (non-hydrogen) atoms. The summed E-state index contributed by atoms with van der Waals surface area (Å²) < 4.78 is 33.5. The Morgan fingerprint density at radius 2 is 2.12 bits per heavy atom. The van der Waals surface area contributed by atoms with Crippen molar-refractivity contribution < 1.29 is 18.3 Å². The molecule has 0 aliphatic rings. The number of hydrogen-bond acceptors (Lipinski definition) is 4. The number of halogens is 2. The van der Waals surface area contributed by atoms with Crippen LogP contribution < -0.4 is 10.1 Å². The molecule has 1 amide bonds. The van der Waals surface area contributed by atoms with Gasteiger partial charge in [0.2, 0.25) is 5.88 Å². The van der Waals surface area contributed by atoms with Crippen LogP contribution in [0.3, 0.4) is 0 Å². The van der Waals surface area contributed by atoms with Crippen molar-refractivity contribution in [3.8, 4) is 5.88 Å². The van der Waals surface area contributed by atoms with Crippen LogP contribution in [0.1, 0.15) is 18.1 Å². The van der Waals surface area contributed by atoms with Gasteiger partial charge in [-0.3, -0.25) is 5.32 Å². The van der Waals surface area contributed by atoms with Crippen LogP contribution in [0.5, 0.6) is 5.88 Å². The van der Waals surface area contributed by atoms with E-state index >= 15 is 0 Å². The monoisotopic (exact) mass is 363 g/mol. The third kappa shape index (κ3) is 4.21. The van der Waals surface area contributed by atoms with E-state index in [0.717, 1.165) is 24.1 Å². The Bertz CT molecular complexity index is 878. The minimum Gasteiger partial charge on any atom is -0.393 e. The molecule has 0 radical (unpaired) electrons. The van der Waals surface area contributed by atoms with Crippen LogP contribution in [0.15, 0.2) is 42.0 Å². The number of hydrogen-bond donors (Lipinski definition) is 1. The maximum atomic E-state index is 13.4. The van der Waals surface area contributed by atoms with E-state index in [0.29, 0.717) is 16.6 Å². The predicted molar refractivity (Wildman–Crippen MR) is 91.0 cm³/mol. The second kappa shape index (κ2) is 7.43. The summed E-state index contributed by atoms with van der Waals surface area (Å²) in [6, 6.07) is 5.43. The zero-order valence-electron chi connectivity index (χ0n) is 13.3. The SMILES string of the molecule is CCc1cc(OC(=O)Nc2nccs2)n(Cc2ccc(F)c(F)c2)c1. The normalized spacial score (nSPS) is 10.7. The number of carbonyl (C=O) groups excluding carboxylic acids is 1. The fourth-order valence-corrected chi connectivity index (χ4v) is 2.79. The number of anilines is 1. The molecule has 1 aromatic carbocycles. The van der Waals surface area contributed by atoms with E-state index in [1.165, 1.54) is 17.4 Å². The van der Waals surface area contributed by atoms with Crippen molar-refractivity contribution in [1.82, 2.24) is 9.55 Å². The smallest absolute Gasteiger partial charge is 0.393 e. The molecule has 0 aliphatic heterocycles. The molecule has 0 aliphatic carbocycles. The third-order valence-electron chi connectivity index (χ3n) is 3.50. The molecule has 5 nitrogen and oxygen atoms in total. The van der Waals surface area contributed by atoms with Gasteiger partial charge in [-0.2, -0.15) is 0 Å². The van der Waals surface area contributed by atoms with E-state index in [1.807, 2.05) is 13.1 Å². The Hall–Kier alpha value is -2.74. The van der Waals surface area contributed by atoms with Crippen LogP contribution >= 0.6 is 11.3 Å². The summed E-state index contributed by atoms with van der Waals surface area (Å²) in [4.78, 5) is 15.9. The molecule has 0 saturated heterocycles. The molecule has 2 aromatic heterocycles. The van der Waals surface area contributed by atoms with Crippen LogP contribution in [0.4, 0.5) is 18.7 Å². The first-order valence-corrected chi connectivity index (χ1v) is 8.44. The van der Waals surface area contributed by atoms with Gasteiger partial charge in [-0.15, -0.1) is 11.3 Å². The summed E-state index contributed by atoms with van der Waals surface area (Å²) >= 11 is 1.27. The number of aromatic nitrogens is 2. The van der Waals surface area contributed by atoms with Crippen molar-refractivity contribution >= 4 is 22.6 Å². The topological polar surface area (TPSA) is 56.1 Å². The van der Waals surface area contributed by atoms with Gasteiger partial charge >= 0.3 is 6.09 Å². The quantitative estimate of drug-likeness (QED) is 0.729. The highest BCUT2D eigenvalue weighted by atomic mass is 32.1. The average molecular weight is 363 g/mol. The van der Waals surface area contributed by atoms with Crippen molar-refractivity contribution in [2.45, 2.75) is 19.9 Å². The lowest BCUT2D eigenvalue weighted by atomic mass is 10.2. The van der Waals surface area contributed by atoms with E-state index < -0.39 is 17.7 Å². The summed E-state index contributed by atoms with van der Waals surface area (Å²) in [5, 5.41) is 4.69. The highest BCUT2D eigenvalue weighted by Crippen LogP contribution is 2.21. The molecule has 130 valence electrons. The van der Waals surface area contributed by atoms with Crippen LogP contribution in [-0.4, -0.2) is 15.6 Å². The van der Waals surface area contributed by atoms with Crippen LogP contribution in [0, 0.1) is 11.6 Å². The van der Waals surface area contributed by atoms with Gasteiger partial charge in [0.05, 0.1) is 6.54 Å². The zero-order valence-corrected chi connectivity index (χ0v) is 14.1. The first-order valence-electron chi connectivity index (χ1n) is 7.56. The van der Waals surface area contributed by atoms with Gasteiger partial charge in [0.1, 0.15) is 0 Å². The van der Waals surface area contributed by atoms with Gasteiger partial charge in [0, 0.05) is 23.8 Å². The largest absolute Gasteiger partial charge is 0.420 e. The zero-order chi connectivity index (χ0) is 17.8. The maximum absolute atomic E-state index is 13.4. The molecule has 0 spiro atoms. The lowest BCUT2D eigenvalue weighted by Gasteiger charge is -2.10. The number of rotatable bonds is 5. The average Bonchev–Trinajstić information content (AvgIpc) is 3.21. The molecule has 0 unspecified atom stereocenters. The third-order valence-corrected chi connectivity index (χ3v) is 4.19. The fraction of sp³-hybridized carbons (Fsp3) is 0.176. The lowest BCUT2D eigenvalue weighted by Crippen LogP contribution is -2.18. The number of benzene rings is 1. The van der Waals surface area contributed by atoms with E-state index in [-0.39, 0.29) is 6.54 Å². The Balaban J connectivity index is 1.78. The van der Waals surface area contributed by atoms with Gasteiger partial charge in [-0.1, -0.05) is 13.0 Å². The Labute approximate surface area is 146 Å². The molecule has 3 rings (SSSR count). The lowest BCUT2D eigenvalue weighted by molar-refractivity contribution is 0.211. The molecule has 0 bridgehead atoms. The molecule has 8 heteroatoms. The molecule has 2 heterocycles. The number of aryl methyl sites for hydroxylation is 1.